The van der Waals surface area contributed by atoms with Crippen molar-refractivity contribution in [1.82, 2.24) is 4.90 Å². The van der Waals surface area contributed by atoms with Gasteiger partial charge in [-0.3, -0.25) is 4.79 Å². The number of hydrogen-bond donors (Lipinski definition) is 0. The number of fused-ring (bicyclic) bond motifs is 1. The Kier molecular flexibility index (Phi) is 4.25. The number of carbonyl (C=O) groups excluding carboxylic acids is 1. The predicted molar refractivity (Wildman–Crippen MR) is 86.8 cm³/mol. The molecule has 1 amide bonds. The average molecular weight is 295 g/mol. The van der Waals surface area contributed by atoms with E-state index in [1.54, 1.807) is 7.11 Å². The van der Waals surface area contributed by atoms with E-state index in [2.05, 4.69) is 24.3 Å². The summed E-state index contributed by atoms with van der Waals surface area (Å²) in [5, 5.41) is 0. The summed E-state index contributed by atoms with van der Waals surface area (Å²) in [6, 6.07) is 16.3. The molecule has 3 nitrogen and oxygen atoms in total. The van der Waals surface area contributed by atoms with Gasteiger partial charge in [-0.25, -0.2) is 0 Å². The van der Waals surface area contributed by atoms with Crippen LogP contribution >= 0.6 is 0 Å². The van der Waals surface area contributed by atoms with E-state index in [9.17, 15) is 4.79 Å². The maximum atomic E-state index is 12.8. The fourth-order valence-electron chi connectivity index (χ4n) is 3.24. The fraction of sp³-hybridized carbons (Fsp3) is 0.316. The van der Waals surface area contributed by atoms with Crippen LogP contribution in [0.2, 0.25) is 0 Å². The maximum Gasteiger partial charge on any atom is 0.254 e. The standard InChI is InChI=1S/C19H21NO2/c1-20(18-11-10-15-7-3-4-9-17(15)18)19(21)16-8-5-6-14(12-16)13-22-2/h3-9,12,18H,10-11,13H2,1-2H3/t18-/m0/s1. The molecule has 0 unspecified atom stereocenters. The zero-order valence-electron chi connectivity index (χ0n) is 13.1. The molecule has 0 spiro atoms. The Morgan fingerprint density at radius 3 is 2.86 bits per heavy atom. The second-order valence-electron chi connectivity index (χ2n) is 5.80. The van der Waals surface area contributed by atoms with Crippen LogP contribution in [-0.2, 0) is 17.8 Å². The molecule has 0 N–H and O–H groups in total. The Bertz CT molecular complexity index is 681. The first kappa shape index (κ1) is 14.8. The molecule has 0 aromatic heterocycles. The molecule has 1 aliphatic carbocycles. The monoisotopic (exact) mass is 295 g/mol. The minimum atomic E-state index is 0.0691. The quantitative estimate of drug-likeness (QED) is 0.862. The lowest BCUT2D eigenvalue weighted by Gasteiger charge is -2.25. The van der Waals surface area contributed by atoms with Gasteiger partial charge in [0.2, 0.25) is 0 Å². The van der Waals surface area contributed by atoms with Gasteiger partial charge in [-0.05, 0) is 41.7 Å². The Morgan fingerprint density at radius 2 is 2.05 bits per heavy atom. The molecule has 0 aliphatic heterocycles. The Morgan fingerprint density at radius 1 is 1.23 bits per heavy atom. The molecule has 22 heavy (non-hydrogen) atoms. The number of methoxy groups -OCH3 is 1. The van der Waals surface area contributed by atoms with Crippen molar-refractivity contribution in [3.63, 3.8) is 0 Å². The average Bonchev–Trinajstić information content (AvgIpc) is 2.98. The van der Waals surface area contributed by atoms with Crippen molar-refractivity contribution < 1.29 is 9.53 Å². The van der Waals surface area contributed by atoms with Gasteiger partial charge < -0.3 is 9.64 Å². The number of aryl methyl sites for hydroxylation is 1. The lowest BCUT2D eigenvalue weighted by molar-refractivity contribution is 0.0730. The zero-order valence-corrected chi connectivity index (χ0v) is 13.1. The maximum absolute atomic E-state index is 12.8. The van der Waals surface area contributed by atoms with E-state index in [0.717, 1.165) is 24.0 Å². The minimum absolute atomic E-state index is 0.0691. The highest BCUT2D eigenvalue weighted by Gasteiger charge is 2.28. The number of benzene rings is 2. The number of ether oxygens (including phenoxy) is 1. The van der Waals surface area contributed by atoms with Gasteiger partial charge in [0.05, 0.1) is 12.6 Å². The van der Waals surface area contributed by atoms with Crippen LogP contribution in [0.1, 0.15) is 39.5 Å². The largest absolute Gasteiger partial charge is 0.380 e. The summed E-state index contributed by atoms with van der Waals surface area (Å²) in [6.45, 7) is 0.525. The van der Waals surface area contributed by atoms with Gasteiger partial charge in [-0.15, -0.1) is 0 Å². The van der Waals surface area contributed by atoms with Gasteiger partial charge in [0.15, 0.2) is 0 Å². The van der Waals surface area contributed by atoms with Crippen molar-refractivity contribution >= 4 is 5.91 Å². The molecule has 3 rings (SSSR count). The van der Waals surface area contributed by atoms with Crippen molar-refractivity contribution in [3.8, 4) is 0 Å². The second kappa shape index (κ2) is 6.32. The highest BCUT2D eigenvalue weighted by molar-refractivity contribution is 5.94. The summed E-state index contributed by atoms with van der Waals surface area (Å²) < 4.78 is 5.14. The molecule has 2 aromatic carbocycles. The first-order valence-electron chi connectivity index (χ1n) is 7.63. The topological polar surface area (TPSA) is 29.5 Å². The molecule has 3 heteroatoms. The van der Waals surface area contributed by atoms with E-state index in [-0.39, 0.29) is 11.9 Å². The number of rotatable bonds is 4. The Labute approximate surface area is 131 Å². The van der Waals surface area contributed by atoms with Crippen LogP contribution in [0.15, 0.2) is 48.5 Å². The molecular weight excluding hydrogens is 274 g/mol. The van der Waals surface area contributed by atoms with Crippen LogP contribution in [-0.4, -0.2) is 25.0 Å². The van der Waals surface area contributed by atoms with Crippen molar-refractivity contribution in [2.45, 2.75) is 25.5 Å². The normalized spacial score (nSPS) is 16.4. The molecule has 1 atom stereocenters. The molecule has 0 saturated carbocycles. The van der Waals surface area contributed by atoms with E-state index >= 15 is 0 Å². The summed E-state index contributed by atoms with van der Waals surface area (Å²) in [6.07, 6.45) is 2.04. The van der Waals surface area contributed by atoms with Crippen LogP contribution in [0.4, 0.5) is 0 Å². The van der Waals surface area contributed by atoms with Crippen LogP contribution < -0.4 is 0 Å². The van der Waals surface area contributed by atoms with Crippen LogP contribution in [0.3, 0.4) is 0 Å². The Hall–Kier alpha value is -2.13. The third-order valence-electron chi connectivity index (χ3n) is 4.37. The van der Waals surface area contributed by atoms with Gasteiger partial charge >= 0.3 is 0 Å². The van der Waals surface area contributed by atoms with Crippen molar-refractivity contribution in [2.24, 2.45) is 0 Å². The van der Waals surface area contributed by atoms with Crippen molar-refractivity contribution in [1.29, 1.82) is 0 Å². The van der Waals surface area contributed by atoms with Crippen LogP contribution in [0.5, 0.6) is 0 Å². The second-order valence-corrected chi connectivity index (χ2v) is 5.80. The van der Waals surface area contributed by atoms with Crippen molar-refractivity contribution in [2.75, 3.05) is 14.2 Å². The summed E-state index contributed by atoms with van der Waals surface area (Å²) in [5.41, 5.74) is 4.39. The highest BCUT2D eigenvalue weighted by atomic mass is 16.5. The molecule has 114 valence electrons. The number of amides is 1. The van der Waals surface area contributed by atoms with E-state index in [1.807, 2.05) is 36.2 Å². The number of hydrogen-bond acceptors (Lipinski definition) is 2. The van der Waals surface area contributed by atoms with Gasteiger partial charge in [0, 0.05) is 19.7 Å². The van der Waals surface area contributed by atoms with Gasteiger partial charge in [0.25, 0.3) is 5.91 Å². The van der Waals surface area contributed by atoms with Gasteiger partial charge in [0.1, 0.15) is 0 Å². The summed E-state index contributed by atoms with van der Waals surface area (Å²) >= 11 is 0. The SMILES string of the molecule is COCc1cccc(C(=O)N(C)[C@H]2CCc3ccccc32)c1. The highest BCUT2D eigenvalue weighted by Crippen LogP contribution is 2.35. The molecule has 0 saturated heterocycles. The van der Waals surface area contributed by atoms with Gasteiger partial charge in [-0.2, -0.15) is 0 Å². The van der Waals surface area contributed by atoms with Crippen LogP contribution in [0, 0.1) is 0 Å². The lowest BCUT2D eigenvalue weighted by atomic mass is 10.1. The Balaban J connectivity index is 1.82. The van der Waals surface area contributed by atoms with Crippen molar-refractivity contribution in [3.05, 3.63) is 70.8 Å². The summed E-state index contributed by atoms with van der Waals surface area (Å²) in [5.74, 6) is 0.0691. The van der Waals surface area contributed by atoms with E-state index in [4.69, 9.17) is 4.74 Å². The van der Waals surface area contributed by atoms with Crippen LogP contribution in [0.25, 0.3) is 0 Å². The number of carbonyl (C=O) groups is 1. The molecule has 2 aromatic rings. The summed E-state index contributed by atoms with van der Waals surface area (Å²) in [4.78, 5) is 14.7. The third-order valence-corrected chi connectivity index (χ3v) is 4.37. The first-order chi connectivity index (χ1) is 10.7. The van der Waals surface area contributed by atoms with Gasteiger partial charge in [-0.1, -0.05) is 36.4 Å². The molecule has 0 radical (unpaired) electrons. The van der Waals surface area contributed by atoms with E-state index in [0.29, 0.717) is 6.61 Å². The number of nitrogens with zero attached hydrogens (tertiary/aromatic N) is 1. The van der Waals surface area contributed by atoms with E-state index in [1.165, 1.54) is 11.1 Å². The fourth-order valence-corrected chi connectivity index (χ4v) is 3.24. The molecular formula is C19H21NO2. The molecule has 0 fully saturated rings. The smallest absolute Gasteiger partial charge is 0.254 e. The molecule has 0 bridgehead atoms. The predicted octanol–water partition coefficient (Wildman–Crippen LogP) is 3.59. The lowest BCUT2D eigenvalue weighted by Crippen LogP contribution is -2.30. The zero-order chi connectivity index (χ0) is 15.5. The summed E-state index contributed by atoms with van der Waals surface area (Å²) in [7, 11) is 3.56. The first-order valence-corrected chi connectivity index (χ1v) is 7.63. The third kappa shape index (κ3) is 2.77. The van der Waals surface area contributed by atoms with E-state index < -0.39 is 0 Å². The molecule has 1 aliphatic rings. The molecule has 0 heterocycles. The minimum Gasteiger partial charge on any atom is -0.380 e.